The van der Waals surface area contributed by atoms with Crippen LogP contribution in [-0.4, -0.2) is 77.0 Å². The Balaban J connectivity index is 0.987. The van der Waals surface area contributed by atoms with E-state index in [4.69, 9.17) is 4.74 Å². The number of rotatable bonds is 8. The molecule has 0 atom stereocenters. The second-order valence-corrected chi connectivity index (χ2v) is 16.3. The van der Waals surface area contributed by atoms with Crippen LogP contribution in [0.15, 0.2) is 94.9 Å². The summed E-state index contributed by atoms with van der Waals surface area (Å²) in [6.07, 6.45) is 5.90. The zero-order valence-electron chi connectivity index (χ0n) is 32.7. The van der Waals surface area contributed by atoms with Crippen LogP contribution >= 0.6 is 0 Å². The van der Waals surface area contributed by atoms with Gasteiger partial charge in [-0.15, -0.1) is 0 Å². The van der Waals surface area contributed by atoms with Crippen molar-refractivity contribution in [2.24, 2.45) is 5.92 Å². The quantitative estimate of drug-likeness (QED) is 0.149. The molecular weight excluding hydrogens is 745 g/mol. The van der Waals surface area contributed by atoms with Gasteiger partial charge in [-0.1, -0.05) is 36.4 Å². The molecule has 2 fully saturated rings. The van der Waals surface area contributed by atoms with E-state index in [9.17, 15) is 28.0 Å². The first-order valence-corrected chi connectivity index (χ1v) is 19.7. The fraction of sp³-hybridized carbons (Fsp3) is 0.364. The van der Waals surface area contributed by atoms with Gasteiger partial charge in [0.1, 0.15) is 28.6 Å². The fourth-order valence-corrected chi connectivity index (χ4v) is 8.11. The number of benzene rings is 2. The molecule has 1 aliphatic carbocycles. The number of aromatic nitrogens is 5. The Morgan fingerprint density at radius 2 is 1.59 bits per heavy atom. The first kappa shape index (κ1) is 38.8. The van der Waals surface area contributed by atoms with Crippen molar-refractivity contribution in [2.75, 3.05) is 26.2 Å². The molecule has 1 saturated heterocycles. The Labute approximate surface area is 333 Å². The van der Waals surface area contributed by atoms with Crippen LogP contribution in [0.1, 0.15) is 75.0 Å². The van der Waals surface area contributed by atoms with Crippen molar-refractivity contribution < 1.29 is 23.1 Å². The number of nitrogens with zero attached hydrogens (tertiary/aromatic N) is 7. The molecule has 300 valence electrons. The number of imidazole rings is 1. The lowest BCUT2D eigenvalue weighted by Crippen LogP contribution is -2.49. The van der Waals surface area contributed by atoms with E-state index < -0.39 is 34.5 Å². The van der Waals surface area contributed by atoms with E-state index >= 15 is 0 Å². The van der Waals surface area contributed by atoms with E-state index in [2.05, 4.69) is 27.0 Å². The molecule has 5 heterocycles. The molecule has 12 nitrogen and oxygen atoms in total. The molecule has 2 aromatic carbocycles. The van der Waals surface area contributed by atoms with Crippen LogP contribution in [-0.2, 0) is 11.3 Å². The van der Waals surface area contributed by atoms with E-state index in [0.717, 1.165) is 48.6 Å². The molecule has 0 bridgehead atoms. The molecule has 1 saturated carbocycles. The third kappa shape index (κ3) is 8.19. The number of hydrogen-bond donors (Lipinski definition) is 0. The van der Waals surface area contributed by atoms with Gasteiger partial charge in [-0.25, -0.2) is 32.9 Å². The van der Waals surface area contributed by atoms with Crippen molar-refractivity contribution in [3.8, 4) is 16.8 Å². The molecule has 8 rings (SSSR count). The number of carbonyl (C=O) groups is 2. The highest BCUT2D eigenvalue weighted by atomic mass is 19.1. The van der Waals surface area contributed by atoms with E-state index in [1.165, 1.54) is 38.1 Å². The number of carbonyl (C=O) groups excluding carboxylic acids is 2. The topological polar surface area (TPSA) is 124 Å². The van der Waals surface area contributed by atoms with Crippen LogP contribution in [0.2, 0.25) is 0 Å². The third-order valence-electron chi connectivity index (χ3n) is 11.1. The maximum absolute atomic E-state index is 14.6. The van der Waals surface area contributed by atoms with Gasteiger partial charge >= 0.3 is 11.8 Å². The zero-order valence-corrected chi connectivity index (χ0v) is 32.7. The largest absolute Gasteiger partial charge is 0.444 e. The van der Waals surface area contributed by atoms with Gasteiger partial charge in [0.15, 0.2) is 11.4 Å². The molecule has 1 aliphatic heterocycles. The van der Waals surface area contributed by atoms with Crippen LogP contribution in [0, 0.1) is 17.6 Å². The summed E-state index contributed by atoms with van der Waals surface area (Å²) >= 11 is 0. The summed E-state index contributed by atoms with van der Waals surface area (Å²) in [5, 5.41) is 0.00173. The molecule has 0 unspecified atom stereocenters. The molecule has 0 N–H and O–H groups in total. The normalized spacial score (nSPS) is 17.8. The van der Waals surface area contributed by atoms with Crippen molar-refractivity contribution >= 4 is 28.6 Å². The molecular formula is C44H45F2N7O5. The molecule has 1 amide bonds. The van der Waals surface area contributed by atoms with Gasteiger partial charge in [-0.2, -0.15) is 0 Å². The van der Waals surface area contributed by atoms with Gasteiger partial charge in [-0.3, -0.25) is 19.1 Å². The molecule has 6 aromatic rings. The number of halogens is 2. The highest BCUT2D eigenvalue weighted by molar-refractivity contribution is 5.95. The van der Waals surface area contributed by atoms with Crippen molar-refractivity contribution in [3.05, 3.63) is 129 Å². The number of piperazine rings is 1. The second-order valence-electron chi connectivity index (χ2n) is 16.3. The predicted molar refractivity (Wildman–Crippen MR) is 215 cm³/mol. The zero-order chi connectivity index (χ0) is 40.7. The summed E-state index contributed by atoms with van der Waals surface area (Å²) in [4.78, 5) is 66.6. The Hall–Kier alpha value is -6.02. The number of ketones is 1. The van der Waals surface area contributed by atoms with Crippen LogP contribution in [0.4, 0.5) is 13.6 Å². The number of hydrogen-bond acceptors (Lipinski definition) is 8. The lowest BCUT2D eigenvalue weighted by atomic mass is 9.82. The van der Waals surface area contributed by atoms with E-state index in [-0.39, 0.29) is 40.9 Å². The standard InChI is InChI=1S/C44H45F2N7O5/c1-44(2,3)58-43(57)50-19-17-49(18-20-50)25-29-7-11-30(12-8-29)31-5-4-6-35(22-31)52-40-36(23-33(46)24-47-40)41(55)53(42(52)56)34-14-9-28(10-15-34)21-38(54)37-27-51-26-32(45)13-16-39(51)48-37/h4-8,11-13,16,22-24,26-28,34H,9-10,14-15,17-21,25H2,1-3H3. The highest BCUT2D eigenvalue weighted by Crippen LogP contribution is 2.34. The van der Waals surface area contributed by atoms with Crippen LogP contribution in [0.5, 0.6) is 0 Å². The second kappa shape index (κ2) is 15.7. The summed E-state index contributed by atoms with van der Waals surface area (Å²) in [7, 11) is 0. The predicted octanol–water partition coefficient (Wildman–Crippen LogP) is 7.20. The monoisotopic (exact) mass is 789 g/mol. The minimum atomic E-state index is -0.683. The van der Waals surface area contributed by atoms with Crippen LogP contribution in [0.3, 0.4) is 0 Å². The number of Topliss-reactive ketones (excluding diaryl/α,β-unsaturated/α-hetero) is 1. The van der Waals surface area contributed by atoms with Crippen molar-refractivity contribution in [3.63, 3.8) is 0 Å². The fourth-order valence-electron chi connectivity index (χ4n) is 8.11. The SMILES string of the molecule is CC(C)(C)OC(=O)N1CCN(Cc2ccc(-c3cccc(-n4c(=O)n(C5CCC(CC(=O)c6cn7cc(F)ccc7n6)CC5)c(=O)c5cc(F)cnc54)c3)cc2)CC1. The van der Waals surface area contributed by atoms with E-state index in [0.29, 0.717) is 50.1 Å². The number of fused-ring (bicyclic) bond motifs is 2. The van der Waals surface area contributed by atoms with Gasteiger partial charge in [0.25, 0.3) is 5.56 Å². The molecule has 0 spiro atoms. The summed E-state index contributed by atoms with van der Waals surface area (Å²) < 4.78 is 37.9. The van der Waals surface area contributed by atoms with Crippen molar-refractivity contribution in [1.29, 1.82) is 0 Å². The van der Waals surface area contributed by atoms with Gasteiger partial charge in [0.2, 0.25) is 0 Å². The summed E-state index contributed by atoms with van der Waals surface area (Å²) in [6.45, 7) is 8.99. The molecule has 58 heavy (non-hydrogen) atoms. The first-order chi connectivity index (χ1) is 27.8. The van der Waals surface area contributed by atoms with Gasteiger partial charge in [-0.05, 0) is 99.4 Å². The van der Waals surface area contributed by atoms with Crippen LogP contribution in [0.25, 0.3) is 33.5 Å². The number of pyridine rings is 2. The van der Waals surface area contributed by atoms with Gasteiger partial charge in [0.05, 0.1) is 17.3 Å². The third-order valence-corrected chi connectivity index (χ3v) is 11.1. The van der Waals surface area contributed by atoms with Crippen molar-refractivity contribution in [2.45, 2.75) is 71.1 Å². The first-order valence-electron chi connectivity index (χ1n) is 19.7. The Bertz CT molecular complexity index is 2630. The average molecular weight is 790 g/mol. The van der Waals surface area contributed by atoms with Gasteiger partial charge in [0, 0.05) is 57.6 Å². The lowest BCUT2D eigenvalue weighted by Gasteiger charge is -2.35. The van der Waals surface area contributed by atoms with E-state index in [1.807, 2.05) is 51.1 Å². The number of ether oxygens (including phenoxy) is 1. The Kier molecular flexibility index (Phi) is 10.5. The lowest BCUT2D eigenvalue weighted by molar-refractivity contribution is 0.0139. The maximum atomic E-state index is 14.6. The molecule has 4 aromatic heterocycles. The summed E-state index contributed by atoms with van der Waals surface area (Å²) in [5.74, 6) is -1.25. The molecule has 14 heteroatoms. The minimum absolute atomic E-state index is 0.00173. The van der Waals surface area contributed by atoms with Gasteiger partial charge < -0.3 is 14.0 Å². The molecule has 0 radical (unpaired) electrons. The highest BCUT2D eigenvalue weighted by Gasteiger charge is 2.30. The summed E-state index contributed by atoms with van der Waals surface area (Å²) in [6, 6.07) is 19.1. The smallest absolute Gasteiger partial charge is 0.410 e. The van der Waals surface area contributed by atoms with Crippen molar-refractivity contribution in [1.82, 2.24) is 33.3 Å². The average Bonchev–Trinajstić information content (AvgIpc) is 3.63. The van der Waals surface area contributed by atoms with E-state index in [1.54, 1.807) is 11.0 Å². The Morgan fingerprint density at radius 3 is 2.31 bits per heavy atom. The van der Waals surface area contributed by atoms with Crippen LogP contribution < -0.4 is 11.2 Å². The number of amides is 1. The minimum Gasteiger partial charge on any atom is -0.444 e. The Morgan fingerprint density at radius 1 is 0.845 bits per heavy atom. The summed E-state index contributed by atoms with van der Waals surface area (Å²) in [5.41, 5.74) is 2.50. The molecule has 2 aliphatic rings. The maximum Gasteiger partial charge on any atom is 0.410 e.